The van der Waals surface area contributed by atoms with E-state index >= 15 is 0 Å². The largest absolute Gasteiger partial charge is 0.496 e. The van der Waals surface area contributed by atoms with Gasteiger partial charge in [0.15, 0.2) is 0 Å². The molecule has 4 rings (SSSR count). The van der Waals surface area contributed by atoms with Gasteiger partial charge in [-0.3, -0.25) is 9.69 Å². The first kappa shape index (κ1) is 16.9. The highest BCUT2D eigenvalue weighted by atomic mass is 16.5. The summed E-state index contributed by atoms with van der Waals surface area (Å²) < 4.78 is 5.31. The summed E-state index contributed by atoms with van der Waals surface area (Å²) in [4.78, 5) is 14.9. The van der Waals surface area contributed by atoms with Gasteiger partial charge in [0.05, 0.1) is 7.11 Å². The Hall–Kier alpha value is -2.59. The lowest BCUT2D eigenvalue weighted by Gasteiger charge is -2.32. The van der Waals surface area contributed by atoms with E-state index in [1.54, 1.807) is 19.3 Å². The first-order valence-electron chi connectivity index (χ1n) is 9.23. The van der Waals surface area contributed by atoms with Gasteiger partial charge in [0.25, 0.3) is 0 Å². The van der Waals surface area contributed by atoms with Gasteiger partial charge in [-0.05, 0) is 61.2 Å². The number of benzene rings is 2. The van der Waals surface area contributed by atoms with E-state index in [9.17, 15) is 4.79 Å². The molecule has 2 aliphatic heterocycles. The van der Waals surface area contributed by atoms with E-state index in [4.69, 9.17) is 4.74 Å². The van der Waals surface area contributed by atoms with Crippen LogP contribution in [0.4, 0.5) is 5.69 Å². The van der Waals surface area contributed by atoms with Crippen molar-refractivity contribution in [1.29, 1.82) is 0 Å². The number of amides is 1. The number of carbonyl (C=O) groups is 1. The molecule has 1 N–H and O–H groups in total. The second kappa shape index (κ2) is 7.34. The standard InChI is InChI=1S/C22H24N2O2/c1-26-21-7-3-2-5-17(21)9-11-22(25)23-18-10-8-16-12-14-24-13-4-6-20(24)19(16)15-18/h2-3,5,7-11,15,20H,4,6,12-14H2,1H3,(H,23,25). The Kier molecular flexibility index (Phi) is 4.76. The van der Waals surface area contributed by atoms with Crippen LogP contribution in [0, 0.1) is 0 Å². The van der Waals surface area contributed by atoms with Crippen LogP contribution in [0.3, 0.4) is 0 Å². The van der Waals surface area contributed by atoms with E-state index in [1.165, 1.54) is 30.5 Å². The van der Waals surface area contributed by atoms with E-state index < -0.39 is 0 Å². The second-order valence-corrected chi connectivity index (χ2v) is 6.92. The molecule has 1 fully saturated rings. The summed E-state index contributed by atoms with van der Waals surface area (Å²) in [6.45, 7) is 2.35. The molecule has 134 valence electrons. The van der Waals surface area contributed by atoms with E-state index in [0.29, 0.717) is 6.04 Å². The molecule has 4 heteroatoms. The van der Waals surface area contributed by atoms with Crippen molar-refractivity contribution in [3.05, 3.63) is 65.2 Å². The summed E-state index contributed by atoms with van der Waals surface area (Å²) in [5.74, 6) is 0.626. The van der Waals surface area contributed by atoms with Crippen molar-refractivity contribution in [2.45, 2.75) is 25.3 Å². The molecule has 0 aromatic heterocycles. The number of rotatable bonds is 4. The highest BCUT2D eigenvalue weighted by molar-refractivity contribution is 6.02. The van der Waals surface area contributed by atoms with Gasteiger partial charge in [-0.1, -0.05) is 24.3 Å². The van der Waals surface area contributed by atoms with E-state index in [0.717, 1.165) is 30.0 Å². The molecule has 1 atom stereocenters. The molecule has 2 heterocycles. The molecular weight excluding hydrogens is 324 g/mol. The van der Waals surface area contributed by atoms with Crippen molar-refractivity contribution in [1.82, 2.24) is 4.90 Å². The Bertz CT molecular complexity index is 844. The van der Waals surface area contributed by atoms with Gasteiger partial charge in [-0.25, -0.2) is 0 Å². The van der Waals surface area contributed by atoms with Crippen LogP contribution in [-0.4, -0.2) is 31.0 Å². The average molecular weight is 348 g/mol. The maximum absolute atomic E-state index is 12.3. The molecule has 0 aliphatic carbocycles. The lowest BCUT2D eigenvalue weighted by Crippen LogP contribution is -2.30. The maximum atomic E-state index is 12.3. The van der Waals surface area contributed by atoms with Crippen molar-refractivity contribution in [3.63, 3.8) is 0 Å². The number of anilines is 1. The fourth-order valence-electron chi connectivity index (χ4n) is 4.07. The van der Waals surface area contributed by atoms with Crippen LogP contribution in [0.25, 0.3) is 6.08 Å². The summed E-state index contributed by atoms with van der Waals surface area (Å²) in [6.07, 6.45) is 6.93. The van der Waals surface area contributed by atoms with Crippen LogP contribution in [0.2, 0.25) is 0 Å². The van der Waals surface area contributed by atoms with E-state index in [2.05, 4.69) is 22.3 Å². The Morgan fingerprint density at radius 3 is 3.00 bits per heavy atom. The van der Waals surface area contributed by atoms with Crippen LogP contribution in [-0.2, 0) is 11.2 Å². The summed E-state index contributed by atoms with van der Waals surface area (Å²) in [5.41, 5.74) is 4.57. The number of nitrogens with one attached hydrogen (secondary N) is 1. The average Bonchev–Trinajstić information content (AvgIpc) is 3.16. The van der Waals surface area contributed by atoms with Gasteiger partial charge in [0, 0.05) is 29.9 Å². The molecule has 0 saturated carbocycles. The third kappa shape index (κ3) is 3.37. The lowest BCUT2D eigenvalue weighted by atomic mass is 9.92. The molecule has 0 radical (unpaired) electrons. The summed E-state index contributed by atoms with van der Waals surface area (Å²) >= 11 is 0. The minimum absolute atomic E-state index is 0.130. The van der Waals surface area contributed by atoms with E-state index in [-0.39, 0.29) is 5.91 Å². The van der Waals surface area contributed by atoms with Crippen molar-refractivity contribution in [3.8, 4) is 5.75 Å². The zero-order chi connectivity index (χ0) is 17.9. The molecule has 0 bridgehead atoms. The predicted octanol–water partition coefficient (Wildman–Crippen LogP) is 4.04. The monoisotopic (exact) mass is 348 g/mol. The molecular formula is C22H24N2O2. The molecule has 2 aliphatic rings. The Labute approximate surface area is 154 Å². The van der Waals surface area contributed by atoms with Gasteiger partial charge in [-0.2, -0.15) is 0 Å². The summed E-state index contributed by atoms with van der Waals surface area (Å²) in [7, 11) is 1.63. The van der Waals surface area contributed by atoms with Crippen LogP contribution in [0.1, 0.15) is 35.6 Å². The number of hydrogen-bond acceptors (Lipinski definition) is 3. The highest BCUT2D eigenvalue weighted by Crippen LogP contribution is 2.38. The minimum Gasteiger partial charge on any atom is -0.496 e. The van der Waals surface area contributed by atoms with Crippen molar-refractivity contribution >= 4 is 17.7 Å². The predicted molar refractivity (Wildman–Crippen MR) is 104 cm³/mol. The van der Waals surface area contributed by atoms with Crippen molar-refractivity contribution in [2.75, 3.05) is 25.5 Å². The number of carbonyl (C=O) groups excluding carboxylic acids is 1. The molecule has 0 spiro atoms. The van der Waals surface area contributed by atoms with Crippen molar-refractivity contribution < 1.29 is 9.53 Å². The normalized spacial score (nSPS) is 19.2. The van der Waals surface area contributed by atoms with Gasteiger partial charge in [0.2, 0.25) is 5.91 Å². The minimum atomic E-state index is -0.130. The van der Waals surface area contributed by atoms with Crippen LogP contribution < -0.4 is 10.1 Å². The van der Waals surface area contributed by atoms with Crippen LogP contribution >= 0.6 is 0 Å². The Morgan fingerprint density at radius 2 is 2.12 bits per heavy atom. The summed E-state index contributed by atoms with van der Waals surface area (Å²) in [5, 5.41) is 2.99. The molecule has 2 aromatic carbocycles. The third-order valence-corrected chi connectivity index (χ3v) is 5.36. The topological polar surface area (TPSA) is 41.6 Å². The quantitative estimate of drug-likeness (QED) is 0.848. The molecule has 1 saturated heterocycles. The second-order valence-electron chi connectivity index (χ2n) is 6.92. The van der Waals surface area contributed by atoms with Gasteiger partial charge in [0.1, 0.15) is 5.75 Å². The smallest absolute Gasteiger partial charge is 0.248 e. The Balaban J connectivity index is 1.48. The maximum Gasteiger partial charge on any atom is 0.248 e. The van der Waals surface area contributed by atoms with Gasteiger partial charge >= 0.3 is 0 Å². The highest BCUT2D eigenvalue weighted by Gasteiger charge is 2.31. The zero-order valence-electron chi connectivity index (χ0n) is 15.1. The van der Waals surface area contributed by atoms with E-state index in [1.807, 2.05) is 30.3 Å². The third-order valence-electron chi connectivity index (χ3n) is 5.36. The van der Waals surface area contributed by atoms with Crippen LogP contribution in [0.15, 0.2) is 48.5 Å². The molecule has 2 aromatic rings. The number of methoxy groups -OCH3 is 1. The van der Waals surface area contributed by atoms with Gasteiger partial charge < -0.3 is 10.1 Å². The SMILES string of the molecule is COc1ccccc1C=CC(=O)Nc1ccc2c(c1)C1CCCN1CC2. The van der Waals surface area contributed by atoms with Crippen LogP contribution in [0.5, 0.6) is 5.75 Å². The number of ether oxygens (including phenoxy) is 1. The lowest BCUT2D eigenvalue weighted by molar-refractivity contribution is -0.111. The molecule has 1 amide bonds. The number of hydrogen-bond donors (Lipinski definition) is 1. The summed E-state index contributed by atoms with van der Waals surface area (Å²) in [6, 6.07) is 14.5. The number of fused-ring (bicyclic) bond motifs is 3. The number of nitrogens with zero attached hydrogens (tertiary/aromatic N) is 1. The fourth-order valence-corrected chi connectivity index (χ4v) is 4.07. The number of para-hydroxylation sites is 1. The zero-order valence-corrected chi connectivity index (χ0v) is 15.1. The molecule has 4 nitrogen and oxygen atoms in total. The Morgan fingerprint density at radius 1 is 1.23 bits per heavy atom. The molecule has 26 heavy (non-hydrogen) atoms. The van der Waals surface area contributed by atoms with Crippen molar-refractivity contribution in [2.24, 2.45) is 0 Å². The first-order chi connectivity index (χ1) is 12.7. The van der Waals surface area contributed by atoms with Gasteiger partial charge in [-0.15, -0.1) is 0 Å². The fraction of sp³-hybridized carbons (Fsp3) is 0.318. The first-order valence-corrected chi connectivity index (χ1v) is 9.23. The molecule has 1 unspecified atom stereocenters.